The second-order valence-electron chi connectivity index (χ2n) is 4.73. The molecule has 0 radical (unpaired) electrons. The molecule has 1 amide bonds. The highest BCUT2D eigenvalue weighted by Gasteiger charge is 2.27. The third-order valence-electron chi connectivity index (χ3n) is 3.27. The van der Waals surface area contributed by atoms with E-state index in [0.717, 1.165) is 5.56 Å². The van der Waals surface area contributed by atoms with Gasteiger partial charge in [0.2, 0.25) is 0 Å². The fourth-order valence-electron chi connectivity index (χ4n) is 1.88. The van der Waals surface area contributed by atoms with Gasteiger partial charge >= 0.3 is 0 Å². The average molecular weight is 344 g/mol. The van der Waals surface area contributed by atoms with Gasteiger partial charge in [-0.05, 0) is 36.8 Å². The molecule has 0 bridgehead atoms. The SMILES string of the molecule is CO[C@](C)(CNC(=O)c1ccc(Cl)s1)c1cccc(Cl)c1. The molecule has 0 saturated heterocycles. The lowest BCUT2D eigenvalue weighted by Gasteiger charge is -2.29. The highest BCUT2D eigenvalue weighted by molar-refractivity contribution is 7.17. The van der Waals surface area contributed by atoms with Gasteiger partial charge in [0, 0.05) is 12.1 Å². The summed E-state index contributed by atoms with van der Waals surface area (Å²) in [6.07, 6.45) is 0. The van der Waals surface area contributed by atoms with Crippen LogP contribution in [-0.4, -0.2) is 19.6 Å². The molecule has 6 heteroatoms. The maximum Gasteiger partial charge on any atom is 0.261 e. The summed E-state index contributed by atoms with van der Waals surface area (Å²) in [4.78, 5) is 12.7. The van der Waals surface area contributed by atoms with Gasteiger partial charge in [0.05, 0.1) is 15.8 Å². The number of carbonyl (C=O) groups excluding carboxylic acids is 1. The number of hydrogen-bond donors (Lipinski definition) is 1. The first kappa shape index (κ1) is 16.3. The predicted molar refractivity (Wildman–Crippen MR) is 87.5 cm³/mol. The summed E-state index contributed by atoms with van der Waals surface area (Å²) in [6.45, 7) is 2.23. The molecule has 1 atom stereocenters. The summed E-state index contributed by atoms with van der Waals surface area (Å²) in [7, 11) is 1.61. The minimum absolute atomic E-state index is 0.169. The summed E-state index contributed by atoms with van der Waals surface area (Å²) in [6, 6.07) is 10.8. The maximum atomic E-state index is 12.1. The van der Waals surface area contributed by atoms with E-state index in [9.17, 15) is 4.79 Å². The minimum Gasteiger partial charge on any atom is -0.372 e. The maximum absolute atomic E-state index is 12.1. The Morgan fingerprint density at radius 3 is 2.67 bits per heavy atom. The van der Waals surface area contributed by atoms with Crippen LogP contribution in [-0.2, 0) is 10.3 Å². The lowest BCUT2D eigenvalue weighted by atomic mass is 9.95. The molecule has 0 saturated carbocycles. The third-order valence-corrected chi connectivity index (χ3v) is 4.73. The fraction of sp³-hybridized carbons (Fsp3) is 0.267. The molecule has 1 aromatic carbocycles. The third kappa shape index (κ3) is 3.98. The predicted octanol–water partition coefficient (Wildman–Crippen LogP) is 4.35. The summed E-state index contributed by atoms with van der Waals surface area (Å²) >= 11 is 13.1. The highest BCUT2D eigenvalue weighted by Crippen LogP contribution is 2.27. The summed E-state index contributed by atoms with van der Waals surface area (Å²) in [5.41, 5.74) is 0.253. The first-order valence-corrected chi connectivity index (χ1v) is 7.86. The molecule has 0 fully saturated rings. The van der Waals surface area contributed by atoms with E-state index in [1.165, 1.54) is 11.3 Å². The number of hydrogen-bond acceptors (Lipinski definition) is 3. The van der Waals surface area contributed by atoms with E-state index in [-0.39, 0.29) is 5.91 Å². The van der Waals surface area contributed by atoms with Crippen LogP contribution in [0.3, 0.4) is 0 Å². The zero-order valence-electron chi connectivity index (χ0n) is 11.7. The van der Waals surface area contributed by atoms with Gasteiger partial charge < -0.3 is 10.1 Å². The molecule has 0 aliphatic heterocycles. The van der Waals surface area contributed by atoms with Crippen LogP contribution in [0, 0.1) is 0 Å². The van der Waals surface area contributed by atoms with Crippen LogP contribution >= 0.6 is 34.5 Å². The van der Waals surface area contributed by atoms with Crippen LogP contribution in [0.1, 0.15) is 22.2 Å². The molecule has 1 aromatic heterocycles. The zero-order chi connectivity index (χ0) is 15.5. The lowest BCUT2D eigenvalue weighted by molar-refractivity contribution is 0.00319. The largest absolute Gasteiger partial charge is 0.372 e. The Morgan fingerprint density at radius 2 is 2.10 bits per heavy atom. The first-order valence-electron chi connectivity index (χ1n) is 6.29. The molecule has 0 aliphatic rings. The van der Waals surface area contributed by atoms with Crippen LogP contribution in [0.2, 0.25) is 9.36 Å². The molecule has 3 nitrogen and oxygen atoms in total. The van der Waals surface area contributed by atoms with Gasteiger partial charge in [-0.15, -0.1) is 11.3 Å². The van der Waals surface area contributed by atoms with Crippen LogP contribution in [0.4, 0.5) is 0 Å². The van der Waals surface area contributed by atoms with E-state index in [1.54, 1.807) is 25.3 Å². The van der Waals surface area contributed by atoms with Crippen molar-refractivity contribution in [3.05, 3.63) is 56.2 Å². The second kappa shape index (κ2) is 6.79. The van der Waals surface area contributed by atoms with Gasteiger partial charge in [-0.25, -0.2) is 0 Å². The average Bonchev–Trinajstić information content (AvgIpc) is 2.91. The Kier molecular flexibility index (Phi) is 5.27. The Morgan fingerprint density at radius 1 is 1.33 bits per heavy atom. The number of rotatable bonds is 5. The van der Waals surface area contributed by atoms with Gasteiger partial charge in [-0.3, -0.25) is 4.79 Å². The topological polar surface area (TPSA) is 38.3 Å². The number of ether oxygens (including phenoxy) is 1. The molecule has 0 aliphatic carbocycles. The zero-order valence-corrected chi connectivity index (χ0v) is 14.0. The Bertz CT molecular complexity index is 644. The molecular formula is C15H15Cl2NO2S. The first-order chi connectivity index (χ1) is 9.94. The van der Waals surface area contributed by atoms with Crippen LogP contribution in [0.15, 0.2) is 36.4 Å². The number of benzene rings is 1. The molecule has 1 heterocycles. The van der Waals surface area contributed by atoms with Crippen molar-refractivity contribution in [3.8, 4) is 0 Å². The van der Waals surface area contributed by atoms with Crippen LogP contribution < -0.4 is 5.32 Å². The van der Waals surface area contributed by atoms with E-state index in [4.69, 9.17) is 27.9 Å². The van der Waals surface area contributed by atoms with E-state index in [0.29, 0.717) is 20.8 Å². The van der Waals surface area contributed by atoms with Crippen LogP contribution in [0.25, 0.3) is 0 Å². The molecule has 2 rings (SSSR count). The van der Waals surface area contributed by atoms with Crippen molar-refractivity contribution in [2.45, 2.75) is 12.5 Å². The van der Waals surface area contributed by atoms with Crippen molar-refractivity contribution >= 4 is 40.4 Å². The molecule has 2 aromatic rings. The Labute approximate surface area is 137 Å². The summed E-state index contributed by atoms with van der Waals surface area (Å²) in [5, 5.41) is 3.50. The van der Waals surface area contributed by atoms with Crippen molar-refractivity contribution in [2.24, 2.45) is 0 Å². The van der Waals surface area contributed by atoms with E-state index in [1.807, 2.05) is 25.1 Å². The van der Waals surface area contributed by atoms with E-state index in [2.05, 4.69) is 5.32 Å². The highest BCUT2D eigenvalue weighted by atomic mass is 35.5. The van der Waals surface area contributed by atoms with Crippen molar-refractivity contribution in [2.75, 3.05) is 13.7 Å². The van der Waals surface area contributed by atoms with Crippen molar-refractivity contribution in [1.29, 1.82) is 0 Å². The fourth-order valence-corrected chi connectivity index (χ4v) is 3.03. The molecular weight excluding hydrogens is 329 g/mol. The monoisotopic (exact) mass is 343 g/mol. The Balaban J connectivity index is 2.10. The molecule has 1 N–H and O–H groups in total. The molecule has 0 spiro atoms. The number of nitrogens with one attached hydrogen (secondary N) is 1. The number of amides is 1. The number of halogens is 2. The lowest BCUT2D eigenvalue weighted by Crippen LogP contribution is -2.39. The normalized spacial score (nSPS) is 13.7. The molecule has 112 valence electrons. The van der Waals surface area contributed by atoms with Gasteiger partial charge in [-0.2, -0.15) is 0 Å². The number of thiophene rings is 1. The molecule has 21 heavy (non-hydrogen) atoms. The minimum atomic E-state index is -0.651. The van der Waals surface area contributed by atoms with Crippen molar-refractivity contribution in [1.82, 2.24) is 5.32 Å². The quantitative estimate of drug-likeness (QED) is 0.876. The van der Waals surface area contributed by atoms with Gasteiger partial charge in [0.15, 0.2) is 0 Å². The van der Waals surface area contributed by atoms with Gasteiger partial charge in [0.25, 0.3) is 5.91 Å². The summed E-state index contributed by atoms with van der Waals surface area (Å²) in [5.74, 6) is -0.169. The summed E-state index contributed by atoms with van der Waals surface area (Å²) < 4.78 is 6.16. The second-order valence-corrected chi connectivity index (χ2v) is 6.88. The number of methoxy groups -OCH3 is 1. The van der Waals surface area contributed by atoms with Gasteiger partial charge in [0.1, 0.15) is 5.60 Å². The van der Waals surface area contributed by atoms with Crippen LogP contribution in [0.5, 0.6) is 0 Å². The van der Waals surface area contributed by atoms with Crippen molar-refractivity contribution < 1.29 is 9.53 Å². The Hall–Kier alpha value is -1.07. The van der Waals surface area contributed by atoms with E-state index < -0.39 is 5.60 Å². The molecule has 0 unspecified atom stereocenters. The smallest absolute Gasteiger partial charge is 0.261 e. The van der Waals surface area contributed by atoms with Gasteiger partial charge in [-0.1, -0.05) is 35.3 Å². The standard InChI is InChI=1S/C15H15Cl2NO2S/c1-15(20-2,10-4-3-5-11(16)8-10)9-18-14(19)12-6-7-13(17)21-12/h3-8H,9H2,1-2H3,(H,18,19)/t15-/m1/s1. The van der Waals surface area contributed by atoms with Crippen molar-refractivity contribution in [3.63, 3.8) is 0 Å². The number of carbonyl (C=O) groups is 1. The van der Waals surface area contributed by atoms with E-state index >= 15 is 0 Å².